The molecule has 98 valence electrons. The predicted octanol–water partition coefficient (Wildman–Crippen LogP) is 0.664. The van der Waals surface area contributed by atoms with Gasteiger partial charge in [-0.25, -0.2) is 4.68 Å². The molecule has 2 N–H and O–H groups in total. The zero-order valence-electron chi connectivity index (χ0n) is 9.68. The van der Waals surface area contributed by atoms with Crippen LogP contribution >= 0.6 is 15.9 Å². The van der Waals surface area contributed by atoms with Crippen LogP contribution in [0.4, 0.5) is 5.82 Å². The van der Waals surface area contributed by atoms with Gasteiger partial charge >= 0.3 is 0 Å². The van der Waals surface area contributed by atoms with Crippen molar-refractivity contribution in [2.75, 3.05) is 4.72 Å². The van der Waals surface area contributed by atoms with Crippen molar-refractivity contribution in [3.63, 3.8) is 0 Å². The van der Waals surface area contributed by atoms with Crippen LogP contribution in [0.2, 0.25) is 0 Å². The van der Waals surface area contributed by atoms with E-state index in [0.717, 1.165) is 5.56 Å². The normalized spacial score (nSPS) is 11.7. The lowest BCUT2D eigenvalue weighted by molar-refractivity contribution is 0.578. The van der Waals surface area contributed by atoms with Gasteiger partial charge in [-0.1, -0.05) is 12.1 Å². The third kappa shape index (κ3) is 2.25. The molecule has 2 aromatic heterocycles. The summed E-state index contributed by atoms with van der Waals surface area (Å²) in [6, 6.07) is 0. The number of hydrogen-bond donors (Lipinski definition) is 2. The Kier molecular flexibility index (Phi) is 3.39. The number of nitrogens with one attached hydrogen (secondary N) is 2. The van der Waals surface area contributed by atoms with Crippen LogP contribution in [0.5, 0.6) is 0 Å². The lowest BCUT2D eigenvalue weighted by atomic mass is 10.3. The first kappa shape index (κ1) is 13.0. The van der Waals surface area contributed by atoms with Gasteiger partial charge in [0.1, 0.15) is 5.82 Å². The summed E-state index contributed by atoms with van der Waals surface area (Å²) in [6.07, 6.45) is 2.24. The first-order chi connectivity index (χ1) is 8.45. The zero-order chi connectivity index (χ0) is 13.3. The first-order valence-corrected chi connectivity index (χ1v) is 7.33. The number of hydrogen-bond acceptors (Lipinski definition) is 5. The van der Waals surface area contributed by atoms with E-state index in [0.29, 0.717) is 12.2 Å². The van der Waals surface area contributed by atoms with Crippen molar-refractivity contribution >= 4 is 31.8 Å². The number of aromatic amines is 1. The molecule has 0 aliphatic heterocycles. The van der Waals surface area contributed by atoms with E-state index in [1.807, 2.05) is 6.92 Å². The van der Waals surface area contributed by atoms with Gasteiger partial charge in [-0.05, 0) is 22.4 Å². The number of aryl methyl sites for hydroxylation is 2. The molecule has 2 heterocycles. The molecule has 0 atom stereocenters. The van der Waals surface area contributed by atoms with Gasteiger partial charge in [-0.15, -0.1) is 5.10 Å². The Hall–Kier alpha value is -1.42. The third-order valence-electron chi connectivity index (χ3n) is 2.33. The molecule has 8 nitrogen and oxygen atoms in total. The minimum atomic E-state index is -3.76. The number of aromatic nitrogens is 5. The molecule has 18 heavy (non-hydrogen) atoms. The van der Waals surface area contributed by atoms with E-state index in [1.165, 1.54) is 11.7 Å². The molecule has 0 aliphatic carbocycles. The second kappa shape index (κ2) is 4.69. The lowest BCUT2D eigenvalue weighted by Gasteiger charge is -2.07. The van der Waals surface area contributed by atoms with Crippen molar-refractivity contribution in [3.8, 4) is 0 Å². The Morgan fingerprint density at radius 2 is 2.28 bits per heavy atom. The molecule has 2 aromatic rings. The fourth-order valence-electron chi connectivity index (χ4n) is 1.46. The first-order valence-electron chi connectivity index (χ1n) is 5.06. The second-order valence-corrected chi connectivity index (χ2v) is 5.89. The maximum absolute atomic E-state index is 12.2. The highest BCUT2D eigenvalue weighted by molar-refractivity contribution is 9.10. The van der Waals surface area contributed by atoms with Gasteiger partial charge in [0.05, 0.1) is 6.20 Å². The van der Waals surface area contributed by atoms with Crippen LogP contribution in [0.3, 0.4) is 0 Å². The van der Waals surface area contributed by atoms with Gasteiger partial charge in [0.15, 0.2) is 4.60 Å². The van der Waals surface area contributed by atoms with Gasteiger partial charge in [0.25, 0.3) is 10.0 Å². The van der Waals surface area contributed by atoms with E-state index >= 15 is 0 Å². The molecule has 0 saturated heterocycles. The molecule has 0 fully saturated rings. The Labute approximate surface area is 112 Å². The monoisotopic (exact) mass is 334 g/mol. The average Bonchev–Trinajstić information content (AvgIpc) is 2.85. The summed E-state index contributed by atoms with van der Waals surface area (Å²) in [5.74, 6) is 0.352. The van der Waals surface area contributed by atoms with E-state index in [9.17, 15) is 8.42 Å². The van der Waals surface area contributed by atoms with Crippen molar-refractivity contribution in [3.05, 3.63) is 16.4 Å². The molecule has 0 bridgehead atoms. The highest BCUT2D eigenvalue weighted by Gasteiger charge is 2.25. The minimum absolute atomic E-state index is 0.0425. The topological polar surface area (TPSA) is 106 Å². The number of nitrogens with zero attached hydrogens (tertiary/aromatic N) is 4. The largest absolute Gasteiger partial charge is 0.283 e. The third-order valence-corrected chi connectivity index (χ3v) is 4.56. The second-order valence-electron chi connectivity index (χ2n) is 3.54. The van der Waals surface area contributed by atoms with Crippen LogP contribution in [-0.2, 0) is 23.5 Å². The van der Waals surface area contributed by atoms with Crippen molar-refractivity contribution in [1.29, 1.82) is 0 Å². The van der Waals surface area contributed by atoms with Crippen LogP contribution in [0.15, 0.2) is 15.8 Å². The highest BCUT2D eigenvalue weighted by Crippen LogP contribution is 2.22. The minimum Gasteiger partial charge on any atom is -0.262 e. The van der Waals surface area contributed by atoms with Gasteiger partial charge in [-0.2, -0.15) is 13.5 Å². The molecule has 0 aliphatic rings. The summed E-state index contributed by atoms with van der Waals surface area (Å²) in [4.78, 5) is 0. The van der Waals surface area contributed by atoms with Gasteiger partial charge in [0, 0.05) is 12.6 Å². The summed E-state index contributed by atoms with van der Waals surface area (Å²) in [6.45, 7) is 1.91. The molecule has 0 radical (unpaired) electrons. The highest BCUT2D eigenvalue weighted by atomic mass is 79.9. The molecule has 0 amide bonds. The van der Waals surface area contributed by atoms with Gasteiger partial charge in [0.2, 0.25) is 5.03 Å². The molecule has 0 unspecified atom stereocenters. The average molecular weight is 335 g/mol. The quantitative estimate of drug-likeness (QED) is 0.854. The molecule has 0 spiro atoms. The molecule has 10 heteroatoms. The fraction of sp³-hybridized carbons (Fsp3) is 0.375. The molecule has 2 rings (SSSR count). The number of rotatable bonds is 4. The van der Waals surface area contributed by atoms with Crippen LogP contribution in [0.25, 0.3) is 0 Å². The number of sulfonamides is 1. The summed E-state index contributed by atoms with van der Waals surface area (Å²) in [5.41, 5.74) is 0.782. The standard InChI is InChI=1S/C8H11BrN6O2S/c1-3-5-4-10-12-7(5)13-18(16,17)8-6(9)11-14-15(8)2/h4H,3H2,1-2H3,(H2,10,12,13). The summed E-state index contributed by atoms with van der Waals surface area (Å²) in [7, 11) is -2.26. The van der Waals surface area contributed by atoms with E-state index < -0.39 is 10.0 Å². The van der Waals surface area contributed by atoms with Crippen LogP contribution < -0.4 is 4.72 Å². The Morgan fingerprint density at radius 1 is 1.56 bits per heavy atom. The van der Waals surface area contributed by atoms with Crippen molar-refractivity contribution in [2.24, 2.45) is 7.05 Å². The fourth-order valence-corrected chi connectivity index (χ4v) is 3.61. The SMILES string of the molecule is CCc1cn[nH]c1NS(=O)(=O)c1c(Br)nnn1C. The smallest absolute Gasteiger partial charge is 0.262 e. The van der Waals surface area contributed by atoms with Crippen molar-refractivity contribution in [2.45, 2.75) is 18.4 Å². The number of anilines is 1. The van der Waals surface area contributed by atoms with E-state index in [4.69, 9.17) is 0 Å². The zero-order valence-corrected chi connectivity index (χ0v) is 12.1. The van der Waals surface area contributed by atoms with Gasteiger partial charge < -0.3 is 0 Å². The Morgan fingerprint density at radius 3 is 2.83 bits per heavy atom. The van der Waals surface area contributed by atoms with Crippen LogP contribution in [0, 0.1) is 0 Å². The molecular weight excluding hydrogens is 324 g/mol. The number of H-pyrrole nitrogens is 1. The summed E-state index contributed by atoms with van der Waals surface area (Å²) in [5, 5.41) is 13.6. The van der Waals surface area contributed by atoms with Crippen LogP contribution in [-0.4, -0.2) is 33.6 Å². The maximum Gasteiger partial charge on any atom is 0.283 e. The van der Waals surface area contributed by atoms with Crippen molar-refractivity contribution < 1.29 is 8.42 Å². The molecular formula is C8H11BrN6O2S. The van der Waals surface area contributed by atoms with Gasteiger partial charge in [-0.3, -0.25) is 9.82 Å². The number of halogens is 1. The van der Waals surface area contributed by atoms with Crippen LogP contribution in [0.1, 0.15) is 12.5 Å². The lowest BCUT2D eigenvalue weighted by Crippen LogP contribution is -2.18. The Balaban J connectivity index is 2.40. The summed E-state index contributed by atoms with van der Waals surface area (Å²) >= 11 is 3.05. The van der Waals surface area contributed by atoms with E-state index in [1.54, 1.807) is 6.20 Å². The van der Waals surface area contributed by atoms with E-state index in [2.05, 4.69) is 41.2 Å². The molecule has 0 aromatic carbocycles. The molecule has 0 saturated carbocycles. The maximum atomic E-state index is 12.2. The van der Waals surface area contributed by atoms with Crippen molar-refractivity contribution in [1.82, 2.24) is 25.2 Å². The Bertz CT molecular complexity index is 641. The summed E-state index contributed by atoms with van der Waals surface area (Å²) < 4.78 is 28.1. The van der Waals surface area contributed by atoms with E-state index in [-0.39, 0.29) is 9.63 Å². The predicted molar refractivity (Wildman–Crippen MR) is 67.5 cm³/mol.